The lowest BCUT2D eigenvalue weighted by Crippen LogP contribution is -2.48. The first-order valence-corrected chi connectivity index (χ1v) is 12.1. The SMILES string of the molecule is Cc1cccc(CN2CCN(C(=O)c3ccc(S(=O)(=O)Nc4ccccc4)cc3)CC2)c1. The standard InChI is InChI=1S/C25H27N3O3S/c1-20-6-5-7-21(18-20)19-27-14-16-28(17-15-27)25(29)22-10-12-24(13-11-22)32(30,31)26-23-8-3-2-4-9-23/h2-13,18,26H,14-17,19H2,1H3. The molecule has 1 fully saturated rings. The molecule has 32 heavy (non-hydrogen) atoms. The molecule has 1 N–H and O–H groups in total. The number of para-hydroxylation sites is 1. The van der Waals surface area contributed by atoms with Crippen LogP contribution in [0.5, 0.6) is 0 Å². The zero-order valence-electron chi connectivity index (χ0n) is 18.1. The number of piperazine rings is 1. The summed E-state index contributed by atoms with van der Waals surface area (Å²) >= 11 is 0. The molecule has 0 bridgehead atoms. The summed E-state index contributed by atoms with van der Waals surface area (Å²) in [4.78, 5) is 17.2. The quantitative estimate of drug-likeness (QED) is 0.622. The Morgan fingerprint density at radius 1 is 0.875 bits per heavy atom. The van der Waals surface area contributed by atoms with Crippen molar-refractivity contribution in [1.82, 2.24) is 9.80 Å². The Morgan fingerprint density at radius 2 is 1.56 bits per heavy atom. The molecule has 6 nitrogen and oxygen atoms in total. The molecule has 0 aromatic heterocycles. The molecule has 1 aliphatic rings. The highest BCUT2D eigenvalue weighted by molar-refractivity contribution is 7.92. The fraction of sp³-hybridized carbons (Fsp3) is 0.240. The first-order chi connectivity index (χ1) is 15.4. The van der Waals surface area contributed by atoms with Crippen LogP contribution in [0.3, 0.4) is 0 Å². The molecule has 0 atom stereocenters. The molecule has 3 aromatic carbocycles. The maximum atomic E-state index is 12.9. The smallest absolute Gasteiger partial charge is 0.261 e. The highest BCUT2D eigenvalue weighted by atomic mass is 32.2. The van der Waals surface area contributed by atoms with Crippen LogP contribution in [0.4, 0.5) is 5.69 Å². The Labute approximate surface area is 189 Å². The van der Waals surface area contributed by atoms with Crippen LogP contribution in [0.2, 0.25) is 0 Å². The van der Waals surface area contributed by atoms with E-state index in [0.29, 0.717) is 24.3 Å². The maximum Gasteiger partial charge on any atom is 0.261 e. The number of benzene rings is 3. The van der Waals surface area contributed by atoms with Crippen LogP contribution in [0.25, 0.3) is 0 Å². The summed E-state index contributed by atoms with van der Waals surface area (Å²) in [6.07, 6.45) is 0. The monoisotopic (exact) mass is 449 g/mol. The second-order valence-electron chi connectivity index (χ2n) is 8.05. The number of nitrogens with zero attached hydrogens (tertiary/aromatic N) is 2. The number of hydrogen-bond donors (Lipinski definition) is 1. The Morgan fingerprint density at radius 3 is 2.22 bits per heavy atom. The number of amides is 1. The van der Waals surface area contributed by atoms with Gasteiger partial charge in [-0.05, 0) is 48.9 Å². The lowest BCUT2D eigenvalue weighted by Gasteiger charge is -2.34. The predicted octanol–water partition coefficient (Wildman–Crippen LogP) is 3.75. The predicted molar refractivity (Wildman–Crippen MR) is 126 cm³/mol. The van der Waals surface area contributed by atoms with Gasteiger partial charge in [0.05, 0.1) is 4.90 Å². The van der Waals surface area contributed by atoms with E-state index in [-0.39, 0.29) is 10.8 Å². The Hall–Kier alpha value is -3.16. The minimum Gasteiger partial charge on any atom is -0.336 e. The molecule has 1 heterocycles. The van der Waals surface area contributed by atoms with E-state index in [9.17, 15) is 13.2 Å². The molecule has 0 spiro atoms. The summed E-state index contributed by atoms with van der Waals surface area (Å²) in [5.74, 6) is -0.0693. The number of anilines is 1. The summed E-state index contributed by atoms with van der Waals surface area (Å²) in [5, 5.41) is 0. The number of aryl methyl sites for hydroxylation is 1. The molecular formula is C25H27N3O3S. The molecule has 1 amide bonds. The van der Waals surface area contributed by atoms with Gasteiger partial charge in [-0.15, -0.1) is 0 Å². The fourth-order valence-corrected chi connectivity index (χ4v) is 4.92. The van der Waals surface area contributed by atoms with E-state index in [1.165, 1.54) is 23.3 Å². The van der Waals surface area contributed by atoms with E-state index < -0.39 is 10.0 Å². The molecule has 0 aliphatic carbocycles. The minimum atomic E-state index is -3.70. The van der Waals surface area contributed by atoms with E-state index >= 15 is 0 Å². The number of carbonyl (C=O) groups excluding carboxylic acids is 1. The summed E-state index contributed by atoms with van der Waals surface area (Å²) in [7, 11) is -3.70. The van der Waals surface area contributed by atoms with Crippen molar-refractivity contribution in [2.75, 3.05) is 30.9 Å². The first kappa shape index (κ1) is 22.0. The third-order valence-corrected chi connectivity index (χ3v) is 6.98. The molecule has 1 saturated heterocycles. The molecule has 166 valence electrons. The van der Waals surface area contributed by atoms with Crippen LogP contribution in [0.1, 0.15) is 21.5 Å². The van der Waals surface area contributed by atoms with Crippen molar-refractivity contribution < 1.29 is 13.2 Å². The van der Waals surface area contributed by atoms with Gasteiger partial charge in [0.2, 0.25) is 0 Å². The van der Waals surface area contributed by atoms with E-state index in [2.05, 4.69) is 40.8 Å². The number of hydrogen-bond acceptors (Lipinski definition) is 4. The summed E-state index contributed by atoms with van der Waals surface area (Å²) in [6.45, 7) is 5.90. The van der Waals surface area contributed by atoms with Crippen LogP contribution < -0.4 is 4.72 Å². The minimum absolute atomic E-state index is 0.0693. The van der Waals surface area contributed by atoms with Crippen molar-refractivity contribution >= 4 is 21.6 Å². The number of carbonyl (C=O) groups is 1. The number of rotatable bonds is 6. The van der Waals surface area contributed by atoms with Crippen LogP contribution in [-0.4, -0.2) is 50.3 Å². The molecule has 7 heteroatoms. The van der Waals surface area contributed by atoms with Crippen molar-refractivity contribution in [3.8, 4) is 0 Å². The average Bonchev–Trinajstić information content (AvgIpc) is 2.80. The Bertz CT molecular complexity index is 1170. The normalized spacial score (nSPS) is 14.8. The highest BCUT2D eigenvalue weighted by Crippen LogP contribution is 2.18. The Kier molecular flexibility index (Phi) is 6.58. The van der Waals surface area contributed by atoms with E-state index in [0.717, 1.165) is 19.6 Å². The van der Waals surface area contributed by atoms with Crippen LogP contribution >= 0.6 is 0 Å². The molecule has 1 aliphatic heterocycles. The van der Waals surface area contributed by atoms with Crippen LogP contribution in [-0.2, 0) is 16.6 Å². The lowest BCUT2D eigenvalue weighted by atomic mass is 10.1. The van der Waals surface area contributed by atoms with Gasteiger partial charge in [0.15, 0.2) is 0 Å². The highest BCUT2D eigenvalue weighted by Gasteiger charge is 2.23. The van der Waals surface area contributed by atoms with Gasteiger partial charge in [-0.1, -0.05) is 48.0 Å². The second-order valence-corrected chi connectivity index (χ2v) is 9.74. The van der Waals surface area contributed by atoms with Crippen molar-refractivity contribution in [3.63, 3.8) is 0 Å². The second kappa shape index (κ2) is 9.54. The third kappa shape index (κ3) is 5.36. The fourth-order valence-electron chi connectivity index (χ4n) is 3.86. The van der Waals surface area contributed by atoms with Gasteiger partial charge in [0, 0.05) is 44.0 Å². The van der Waals surface area contributed by atoms with Crippen molar-refractivity contribution in [2.45, 2.75) is 18.4 Å². The zero-order chi connectivity index (χ0) is 22.6. The summed E-state index contributed by atoms with van der Waals surface area (Å²) in [6, 6.07) is 23.3. The zero-order valence-corrected chi connectivity index (χ0v) is 18.9. The summed E-state index contributed by atoms with van der Waals surface area (Å²) < 4.78 is 27.7. The average molecular weight is 450 g/mol. The Balaban J connectivity index is 1.35. The van der Waals surface area contributed by atoms with Gasteiger partial charge >= 0.3 is 0 Å². The molecule has 3 aromatic rings. The summed E-state index contributed by atoms with van der Waals surface area (Å²) in [5.41, 5.74) is 3.53. The molecule has 0 saturated carbocycles. The van der Waals surface area contributed by atoms with Gasteiger partial charge < -0.3 is 4.90 Å². The lowest BCUT2D eigenvalue weighted by molar-refractivity contribution is 0.0628. The van der Waals surface area contributed by atoms with Crippen molar-refractivity contribution in [3.05, 3.63) is 95.6 Å². The first-order valence-electron chi connectivity index (χ1n) is 10.7. The third-order valence-electron chi connectivity index (χ3n) is 5.59. The topological polar surface area (TPSA) is 69.7 Å². The largest absolute Gasteiger partial charge is 0.336 e. The van der Waals surface area contributed by atoms with Crippen LogP contribution in [0, 0.1) is 6.92 Å². The molecular weight excluding hydrogens is 422 g/mol. The van der Waals surface area contributed by atoms with Gasteiger partial charge in [0.1, 0.15) is 0 Å². The molecule has 4 rings (SSSR count). The maximum absolute atomic E-state index is 12.9. The van der Waals surface area contributed by atoms with E-state index in [4.69, 9.17) is 0 Å². The van der Waals surface area contributed by atoms with Gasteiger partial charge in [-0.2, -0.15) is 0 Å². The van der Waals surface area contributed by atoms with Gasteiger partial charge in [-0.3, -0.25) is 14.4 Å². The van der Waals surface area contributed by atoms with Gasteiger partial charge in [0.25, 0.3) is 15.9 Å². The van der Waals surface area contributed by atoms with Gasteiger partial charge in [-0.25, -0.2) is 8.42 Å². The molecule has 0 radical (unpaired) electrons. The number of nitrogens with one attached hydrogen (secondary N) is 1. The van der Waals surface area contributed by atoms with Crippen molar-refractivity contribution in [2.24, 2.45) is 0 Å². The molecule has 0 unspecified atom stereocenters. The van der Waals surface area contributed by atoms with E-state index in [1.54, 1.807) is 36.4 Å². The van der Waals surface area contributed by atoms with Crippen LogP contribution in [0.15, 0.2) is 83.8 Å². The van der Waals surface area contributed by atoms with E-state index in [1.807, 2.05) is 11.0 Å². The number of sulfonamides is 1. The van der Waals surface area contributed by atoms with Crippen molar-refractivity contribution in [1.29, 1.82) is 0 Å².